The quantitative estimate of drug-likeness (QED) is 0.870. The van der Waals surface area contributed by atoms with E-state index >= 15 is 0 Å². The Morgan fingerprint density at radius 3 is 2.42 bits per heavy atom. The first-order valence-corrected chi connectivity index (χ1v) is 6.27. The van der Waals surface area contributed by atoms with Crippen molar-refractivity contribution in [1.29, 1.82) is 5.26 Å². The van der Waals surface area contributed by atoms with Crippen molar-refractivity contribution in [3.05, 3.63) is 29.3 Å². The molecule has 102 valence electrons. The van der Waals surface area contributed by atoms with Crippen LogP contribution in [-0.4, -0.2) is 39.5 Å². The summed E-state index contributed by atoms with van der Waals surface area (Å²) in [5.41, 5.74) is 8.13. The molecule has 0 saturated carbocycles. The lowest BCUT2D eigenvalue weighted by Gasteiger charge is -2.19. The summed E-state index contributed by atoms with van der Waals surface area (Å²) < 4.78 is 10.8. The van der Waals surface area contributed by atoms with Gasteiger partial charge in [-0.25, -0.2) is 0 Å². The smallest absolute Gasteiger partial charge is 0.102 e. The SMILES string of the molecule is COC1CN(c2ccc(CN)cc2C#N)CC1OC. The van der Waals surface area contributed by atoms with E-state index in [4.69, 9.17) is 15.2 Å². The highest BCUT2D eigenvalue weighted by atomic mass is 16.5. The van der Waals surface area contributed by atoms with Gasteiger partial charge in [-0.15, -0.1) is 0 Å². The third kappa shape index (κ3) is 2.71. The molecule has 19 heavy (non-hydrogen) atoms. The molecule has 0 spiro atoms. The van der Waals surface area contributed by atoms with Gasteiger partial charge in [0.2, 0.25) is 0 Å². The first kappa shape index (κ1) is 13.8. The minimum atomic E-state index is 0.0331. The van der Waals surface area contributed by atoms with Gasteiger partial charge in [0.15, 0.2) is 0 Å². The Morgan fingerprint density at radius 1 is 1.32 bits per heavy atom. The van der Waals surface area contributed by atoms with Crippen LogP contribution in [0.5, 0.6) is 0 Å². The van der Waals surface area contributed by atoms with E-state index < -0.39 is 0 Å². The van der Waals surface area contributed by atoms with Crippen LogP contribution in [0.3, 0.4) is 0 Å². The number of methoxy groups -OCH3 is 2. The molecule has 1 aromatic rings. The average molecular weight is 261 g/mol. The maximum absolute atomic E-state index is 9.26. The number of nitrogens with two attached hydrogens (primary N) is 1. The van der Waals surface area contributed by atoms with E-state index in [0.717, 1.165) is 24.3 Å². The topological polar surface area (TPSA) is 71.5 Å². The highest BCUT2D eigenvalue weighted by Gasteiger charge is 2.33. The second-order valence-corrected chi connectivity index (χ2v) is 4.62. The van der Waals surface area contributed by atoms with Crippen LogP contribution in [0.15, 0.2) is 18.2 Å². The molecule has 0 aliphatic carbocycles. The predicted octanol–water partition coefficient (Wildman–Crippen LogP) is 0.867. The summed E-state index contributed by atoms with van der Waals surface area (Å²) in [6.45, 7) is 1.90. The zero-order valence-corrected chi connectivity index (χ0v) is 11.3. The fourth-order valence-corrected chi connectivity index (χ4v) is 2.47. The fourth-order valence-electron chi connectivity index (χ4n) is 2.47. The van der Waals surface area contributed by atoms with E-state index in [2.05, 4.69) is 11.0 Å². The van der Waals surface area contributed by atoms with E-state index in [0.29, 0.717) is 12.1 Å². The van der Waals surface area contributed by atoms with Crippen LogP contribution in [-0.2, 0) is 16.0 Å². The standard InChI is InChI=1S/C14H19N3O2/c1-18-13-8-17(9-14(13)19-2)12-4-3-10(6-15)5-11(12)7-16/h3-5,13-14H,6,8-9,15H2,1-2H3. The predicted molar refractivity (Wildman–Crippen MR) is 72.9 cm³/mol. The van der Waals surface area contributed by atoms with Crippen molar-refractivity contribution < 1.29 is 9.47 Å². The Morgan fingerprint density at radius 2 is 1.95 bits per heavy atom. The molecule has 1 aliphatic rings. The van der Waals surface area contributed by atoms with Crippen molar-refractivity contribution in [2.75, 3.05) is 32.2 Å². The zero-order chi connectivity index (χ0) is 13.8. The van der Waals surface area contributed by atoms with Crippen LogP contribution in [0.2, 0.25) is 0 Å². The van der Waals surface area contributed by atoms with Crippen LogP contribution in [0.4, 0.5) is 5.69 Å². The van der Waals surface area contributed by atoms with Gasteiger partial charge in [0, 0.05) is 33.9 Å². The Balaban J connectivity index is 2.26. The maximum Gasteiger partial charge on any atom is 0.102 e. The summed E-state index contributed by atoms with van der Waals surface area (Å²) in [7, 11) is 3.37. The molecule has 1 aromatic carbocycles. The van der Waals surface area contributed by atoms with Crippen LogP contribution >= 0.6 is 0 Å². The molecule has 0 amide bonds. The first-order valence-electron chi connectivity index (χ1n) is 6.27. The lowest BCUT2D eigenvalue weighted by atomic mass is 10.1. The Kier molecular flexibility index (Phi) is 4.38. The third-order valence-electron chi connectivity index (χ3n) is 3.58. The van der Waals surface area contributed by atoms with Gasteiger partial charge >= 0.3 is 0 Å². The van der Waals surface area contributed by atoms with E-state index in [1.165, 1.54) is 0 Å². The number of rotatable bonds is 4. The van der Waals surface area contributed by atoms with Gasteiger partial charge in [0.05, 0.1) is 11.3 Å². The lowest BCUT2D eigenvalue weighted by molar-refractivity contribution is -0.00461. The summed E-state index contributed by atoms with van der Waals surface area (Å²) in [6, 6.07) is 7.98. The molecule has 5 heteroatoms. The summed E-state index contributed by atoms with van der Waals surface area (Å²) in [4.78, 5) is 2.13. The van der Waals surface area contributed by atoms with Crippen LogP contribution in [0, 0.1) is 11.3 Å². The van der Waals surface area contributed by atoms with Gasteiger partial charge in [0.1, 0.15) is 18.3 Å². The van der Waals surface area contributed by atoms with Crippen molar-refractivity contribution in [2.24, 2.45) is 5.73 Å². The van der Waals surface area contributed by atoms with Gasteiger partial charge in [-0.1, -0.05) is 6.07 Å². The minimum absolute atomic E-state index is 0.0331. The molecule has 2 atom stereocenters. The van der Waals surface area contributed by atoms with Crippen LogP contribution in [0.1, 0.15) is 11.1 Å². The summed E-state index contributed by atoms with van der Waals surface area (Å²) in [5, 5.41) is 9.26. The molecular formula is C14H19N3O2. The molecule has 1 aliphatic heterocycles. The number of benzene rings is 1. The molecule has 0 aromatic heterocycles. The number of hydrogen-bond donors (Lipinski definition) is 1. The maximum atomic E-state index is 9.26. The summed E-state index contributed by atoms with van der Waals surface area (Å²) in [6.07, 6.45) is 0.0662. The number of nitriles is 1. The molecule has 2 rings (SSSR count). The van der Waals surface area contributed by atoms with E-state index in [1.807, 2.05) is 18.2 Å². The molecule has 2 N–H and O–H groups in total. The van der Waals surface area contributed by atoms with Crippen molar-refractivity contribution >= 4 is 5.69 Å². The highest BCUT2D eigenvalue weighted by Crippen LogP contribution is 2.27. The second kappa shape index (κ2) is 6.02. The van der Waals surface area contributed by atoms with E-state index in [9.17, 15) is 5.26 Å². The van der Waals surface area contributed by atoms with Gasteiger partial charge in [0.25, 0.3) is 0 Å². The molecular weight excluding hydrogens is 242 g/mol. The number of nitrogens with zero attached hydrogens (tertiary/aromatic N) is 2. The monoisotopic (exact) mass is 261 g/mol. The average Bonchev–Trinajstić information content (AvgIpc) is 2.89. The van der Waals surface area contributed by atoms with Crippen molar-refractivity contribution in [3.8, 4) is 6.07 Å². The molecule has 1 fully saturated rings. The third-order valence-corrected chi connectivity index (χ3v) is 3.58. The number of anilines is 1. The van der Waals surface area contributed by atoms with Crippen molar-refractivity contribution in [1.82, 2.24) is 0 Å². The van der Waals surface area contributed by atoms with Crippen molar-refractivity contribution in [2.45, 2.75) is 18.8 Å². The first-order chi connectivity index (χ1) is 9.23. The van der Waals surface area contributed by atoms with E-state index in [-0.39, 0.29) is 12.2 Å². The van der Waals surface area contributed by atoms with Gasteiger partial charge in [-0.2, -0.15) is 5.26 Å². The summed E-state index contributed by atoms with van der Waals surface area (Å²) >= 11 is 0. The zero-order valence-electron chi connectivity index (χ0n) is 11.3. The van der Waals surface area contributed by atoms with Crippen molar-refractivity contribution in [3.63, 3.8) is 0 Å². The molecule has 5 nitrogen and oxygen atoms in total. The fraction of sp³-hybridized carbons (Fsp3) is 0.500. The van der Waals surface area contributed by atoms with Gasteiger partial charge in [-0.3, -0.25) is 0 Å². The van der Waals surface area contributed by atoms with Gasteiger partial charge < -0.3 is 20.1 Å². The number of hydrogen-bond acceptors (Lipinski definition) is 5. The van der Waals surface area contributed by atoms with Crippen LogP contribution in [0.25, 0.3) is 0 Å². The Hall–Kier alpha value is -1.61. The Bertz CT molecular complexity index is 472. The summed E-state index contributed by atoms with van der Waals surface area (Å²) in [5.74, 6) is 0. The normalized spacial score (nSPS) is 22.5. The number of ether oxygens (including phenoxy) is 2. The molecule has 1 heterocycles. The molecule has 0 radical (unpaired) electrons. The highest BCUT2D eigenvalue weighted by molar-refractivity contribution is 5.61. The Labute approximate surface area is 113 Å². The second-order valence-electron chi connectivity index (χ2n) is 4.62. The largest absolute Gasteiger partial charge is 0.377 e. The van der Waals surface area contributed by atoms with E-state index in [1.54, 1.807) is 14.2 Å². The molecule has 0 bridgehead atoms. The molecule has 2 unspecified atom stereocenters. The van der Waals surface area contributed by atoms with Gasteiger partial charge in [-0.05, 0) is 17.7 Å². The van der Waals surface area contributed by atoms with Crippen LogP contribution < -0.4 is 10.6 Å². The molecule has 1 saturated heterocycles. The minimum Gasteiger partial charge on any atom is -0.377 e. The lowest BCUT2D eigenvalue weighted by Crippen LogP contribution is -2.27.